The average molecular weight is 165 g/mol. The van der Waals surface area contributed by atoms with Crippen molar-refractivity contribution in [1.29, 1.82) is 5.26 Å². The maximum absolute atomic E-state index is 12.5. The number of nitrogens with zero attached hydrogens (tertiary/aromatic N) is 1. The van der Waals surface area contributed by atoms with E-state index in [1.54, 1.807) is 6.07 Å². The molecule has 1 nitrogen and oxygen atoms in total. The molecule has 0 aliphatic heterocycles. The lowest BCUT2D eigenvalue weighted by molar-refractivity contribution is 0.582. The third kappa shape index (κ3) is 1.67. The van der Waals surface area contributed by atoms with Crippen LogP contribution in [0.3, 0.4) is 0 Å². The Morgan fingerprint density at radius 3 is 2.17 bits per heavy atom. The molecule has 0 fully saturated rings. The van der Waals surface area contributed by atoms with E-state index < -0.39 is 11.6 Å². The highest BCUT2D eigenvalue weighted by Gasteiger charge is 2.02. The predicted octanol–water partition coefficient (Wildman–Crippen LogP) is 2.50. The molecular formula is C9H5F2N. The first-order valence-corrected chi connectivity index (χ1v) is 3.19. The maximum Gasteiger partial charge on any atom is 0.126 e. The summed E-state index contributed by atoms with van der Waals surface area (Å²) in [6, 6.07) is 4.58. The Balaban J connectivity index is 3.19. The van der Waals surface area contributed by atoms with Crippen LogP contribution in [0.4, 0.5) is 8.78 Å². The van der Waals surface area contributed by atoms with E-state index in [1.165, 1.54) is 0 Å². The molecule has 0 saturated heterocycles. The molecule has 12 heavy (non-hydrogen) atoms. The number of rotatable bonds is 1. The Bertz CT molecular complexity index is 343. The highest BCUT2D eigenvalue weighted by Crippen LogP contribution is 2.14. The molecule has 0 aromatic heterocycles. The lowest BCUT2D eigenvalue weighted by Gasteiger charge is -1.97. The van der Waals surface area contributed by atoms with Crippen molar-refractivity contribution in [3.05, 3.63) is 42.0 Å². The lowest BCUT2D eigenvalue weighted by Crippen LogP contribution is -1.85. The van der Waals surface area contributed by atoms with Crippen LogP contribution in [0.5, 0.6) is 0 Å². The second-order valence-corrected chi connectivity index (χ2v) is 2.25. The van der Waals surface area contributed by atoms with E-state index in [2.05, 4.69) is 6.58 Å². The van der Waals surface area contributed by atoms with Crippen LogP contribution in [0.15, 0.2) is 24.8 Å². The molecule has 3 heteroatoms. The minimum Gasteiger partial charge on any atom is -0.207 e. The molecule has 0 radical (unpaired) electrons. The van der Waals surface area contributed by atoms with E-state index in [1.807, 2.05) is 0 Å². The van der Waals surface area contributed by atoms with Crippen LogP contribution in [0.1, 0.15) is 5.56 Å². The number of nitriles is 1. The zero-order chi connectivity index (χ0) is 9.14. The van der Waals surface area contributed by atoms with Gasteiger partial charge in [-0.1, -0.05) is 6.58 Å². The van der Waals surface area contributed by atoms with Crippen LogP contribution in [-0.4, -0.2) is 0 Å². The van der Waals surface area contributed by atoms with Gasteiger partial charge < -0.3 is 0 Å². The topological polar surface area (TPSA) is 23.8 Å². The van der Waals surface area contributed by atoms with Crippen molar-refractivity contribution < 1.29 is 8.78 Å². The summed E-state index contributed by atoms with van der Waals surface area (Å²) in [5.41, 5.74) is 0.225. The van der Waals surface area contributed by atoms with Crippen molar-refractivity contribution in [3.63, 3.8) is 0 Å². The summed E-state index contributed by atoms with van der Waals surface area (Å²) in [7, 11) is 0. The van der Waals surface area contributed by atoms with E-state index in [9.17, 15) is 8.78 Å². The number of hydrogen-bond acceptors (Lipinski definition) is 1. The minimum atomic E-state index is -0.707. The van der Waals surface area contributed by atoms with Gasteiger partial charge in [-0.2, -0.15) is 5.26 Å². The van der Waals surface area contributed by atoms with Gasteiger partial charge in [-0.15, -0.1) is 0 Å². The highest BCUT2D eigenvalue weighted by molar-refractivity contribution is 5.74. The Labute approximate surface area is 68.6 Å². The van der Waals surface area contributed by atoms with E-state index in [-0.39, 0.29) is 11.1 Å². The molecule has 60 valence electrons. The van der Waals surface area contributed by atoms with Crippen molar-refractivity contribution >= 4 is 5.57 Å². The van der Waals surface area contributed by atoms with Crippen LogP contribution < -0.4 is 0 Å². The largest absolute Gasteiger partial charge is 0.207 e. The Morgan fingerprint density at radius 2 is 1.75 bits per heavy atom. The van der Waals surface area contributed by atoms with Crippen LogP contribution in [0.25, 0.3) is 5.57 Å². The highest BCUT2D eigenvalue weighted by atomic mass is 19.1. The molecular weight excluding hydrogens is 160 g/mol. The number of benzene rings is 1. The molecule has 0 spiro atoms. The summed E-state index contributed by atoms with van der Waals surface area (Å²) in [6.45, 7) is 3.33. The smallest absolute Gasteiger partial charge is 0.126 e. The molecule has 0 unspecified atom stereocenters. The van der Waals surface area contributed by atoms with Gasteiger partial charge in [0.25, 0.3) is 0 Å². The normalized spacial score (nSPS) is 9.08. The quantitative estimate of drug-likeness (QED) is 0.586. The summed E-state index contributed by atoms with van der Waals surface area (Å²) in [4.78, 5) is 0. The SMILES string of the molecule is C=C(C#N)c1cc(F)cc(F)c1. The fraction of sp³-hybridized carbons (Fsp3) is 0. The van der Waals surface area contributed by atoms with Crippen molar-refractivity contribution in [3.8, 4) is 6.07 Å². The molecule has 0 saturated carbocycles. The summed E-state index contributed by atoms with van der Waals surface area (Å²) in [6.07, 6.45) is 0. The molecule has 0 heterocycles. The number of halogens is 2. The third-order valence-corrected chi connectivity index (χ3v) is 1.35. The van der Waals surface area contributed by atoms with Crippen molar-refractivity contribution in [1.82, 2.24) is 0 Å². The van der Waals surface area contributed by atoms with E-state index in [0.29, 0.717) is 0 Å². The second-order valence-electron chi connectivity index (χ2n) is 2.25. The van der Waals surface area contributed by atoms with Gasteiger partial charge in [0.15, 0.2) is 0 Å². The van der Waals surface area contributed by atoms with Crippen LogP contribution >= 0.6 is 0 Å². The number of allylic oxidation sites excluding steroid dienone is 1. The monoisotopic (exact) mass is 165 g/mol. The second kappa shape index (κ2) is 3.14. The molecule has 0 amide bonds. The third-order valence-electron chi connectivity index (χ3n) is 1.35. The Kier molecular flexibility index (Phi) is 2.20. The van der Waals surface area contributed by atoms with Gasteiger partial charge in [0.05, 0.1) is 11.6 Å². The van der Waals surface area contributed by atoms with Gasteiger partial charge in [-0.05, 0) is 17.7 Å². The van der Waals surface area contributed by atoms with Gasteiger partial charge in [0.1, 0.15) is 11.6 Å². The first kappa shape index (κ1) is 8.41. The van der Waals surface area contributed by atoms with Gasteiger partial charge in [0.2, 0.25) is 0 Å². The predicted molar refractivity (Wildman–Crippen MR) is 41.0 cm³/mol. The summed E-state index contributed by atoms with van der Waals surface area (Å²) < 4.78 is 25.1. The molecule has 0 atom stereocenters. The minimum absolute atomic E-state index is 0.0494. The molecule has 1 aromatic rings. The molecule has 0 bridgehead atoms. The molecule has 0 N–H and O–H groups in total. The first-order chi connectivity index (χ1) is 5.63. The molecule has 1 aromatic carbocycles. The van der Waals surface area contributed by atoms with Gasteiger partial charge in [0, 0.05) is 6.07 Å². The average Bonchev–Trinajstić information content (AvgIpc) is 2.01. The van der Waals surface area contributed by atoms with Gasteiger partial charge in [-0.25, -0.2) is 8.78 Å². The first-order valence-electron chi connectivity index (χ1n) is 3.19. The maximum atomic E-state index is 12.5. The molecule has 0 aliphatic rings. The molecule has 1 rings (SSSR count). The lowest BCUT2D eigenvalue weighted by atomic mass is 10.1. The fourth-order valence-electron chi connectivity index (χ4n) is 0.793. The van der Waals surface area contributed by atoms with Gasteiger partial charge in [-0.3, -0.25) is 0 Å². The zero-order valence-electron chi connectivity index (χ0n) is 6.14. The summed E-state index contributed by atoms with van der Waals surface area (Å²) in [5, 5.41) is 8.38. The molecule has 0 aliphatic carbocycles. The van der Waals surface area contributed by atoms with Crippen molar-refractivity contribution in [2.75, 3.05) is 0 Å². The Morgan fingerprint density at radius 1 is 1.25 bits per heavy atom. The van der Waals surface area contributed by atoms with E-state index >= 15 is 0 Å². The summed E-state index contributed by atoms with van der Waals surface area (Å²) >= 11 is 0. The van der Waals surface area contributed by atoms with Crippen LogP contribution in [-0.2, 0) is 0 Å². The van der Waals surface area contributed by atoms with Crippen molar-refractivity contribution in [2.45, 2.75) is 0 Å². The van der Waals surface area contributed by atoms with Crippen molar-refractivity contribution in [2.24, 2.45) is 0 Å². The van der Waals surface area contributed by atoms with E-state index in [4.69, 9.17) is 5.26 Å². The van der Waals surface area contributed by atoms with Gasteiger partial charge >= 0.3 is 0 Å². The van der Waals surface area contributed by atoms with Crippen LogP contribution in [0, 0.1) is 23.0 Å². The number of hydrogen-bond donors (Lipinski definition) is 0. The summed E-state index contributed by atoms with van der Waals surface area (Å²) in [5.74, 6) is -1.41. The van der Waals surface area contributed by atoms with Crippen LogP contribution in [0.2, 0.25) is 0 Å². The Hall–Kier alpha value is -1.69. The standard InChI is InChI=1S/C9H5F2N/c1-6(5-12)7-2-8(10)4-9(11)3-7/h2-4H,1H2. The zero-order valence-corrected chi connectivity index (χ0v) is 6.14. The fourth-order valence-corrected chi connectivity index (χ4v) is 0.793. The van der Waals surface area contributed by atoms with E-state index in [0.717, 1.165) is 18.2 Å².